The minimum absolute atomic E-state index is 0.176. The maximum Gasteiger partial charge on any atom is 0.409 e. The number of amides is 1. The number of halogens is 1. The Morgan fingerprint density at radius 2 is 1.97 bits per heavy atom. The zero-order valence-electron chi connectivity index (χ0n) is 21.0. The zero-order valence-corrected chi connectivity index (χ0v) is 21.0. The maximum absolute atomic E-state index is 14.3. The number of hydrogen-bond acceptors (Lipinski definition) is 6. The molecule has 2 aliphatic heterocycles. The Morgan fingerprint density at radius 3 is 2.75 bits per heavy atom. The SMILES string of the molecule is CCOC(=O)N1CC2(CC[C@@H](N3CCN(c4ncc(F)cc4-c4cnc5c(ccn5C)c4)CC3)C2)C1. The molecule has 1 saturated carbocycles. The van der Waals surface area contributed by atoms with Crippen LogP contribution in [0.15, 0.2) is 36.8 Å². The van der Waals surface area contributed by atoms with Crippen LogP contribution >= 0.6 is 0 Å². The highest BCUT2D eigenvalue weighted by Crippen LogP contribution is 2.47. The second-order valence-corrected chi connectivity index (χ2v) is 10.6. The molecular formula is C27H33FN6O2. The molecule has 9 heteroatoms. The molecule has 3 aromatic heterocycles. The highest BCUT2D eigenvalue weighted by atomic mass is 19.1. The summed E-state index contributed by atoms with van der Waals surface area (Å²) in [5, 5.41) is 1.03. The summed E-state index contributed by atoms with van der Waals surface area (Å²) in [4.78, 5) is 27.8. The first-order valence-electron chi connectivity index (χ1n) is 12.9. The second kappa shape index (κ2) is 9.03. The van der Waals surface area contributed by atoms with Gasteiger partial charge in [-0.25, -0.2) is 19.2 Å². The third-order valence-corrected chi connectivity index (χ3v) is 8.24. The first-order valence-corrected chi connectivity index (χ1v) is 12.9. The molecule has 3 aromatic rings. The Labute approximate surface area is 210 Å². The number of pyridine rings is 2. The summed E-state index contributed by atoms with van der Waals surface area (Å²) in [6.07, 6.45) is 8.43. The minimum Gasteiger partial charge on any atom is -0.450 e. The number of fused-ring (bicyclic) bond motifs is 1. The monoisotopic (exact) mass is 492 g/mol. The van der Waals surface area contributed by atoms with Crippen LogP contribution in [-0.2, 0) is 11.8 Å². The molecule has 36 heavy (non-hydrogen) atoms. The Balaban J connectivity index is 1.12. The first-order chi connectivity index (χ1) is 17.4. The number of nitrogens with zero attached hydrogens (tertiary/aromatic N) is 6. The summed E-state index contributed by atoms with van der Waals surface area (Å²) in [7, 11) is 1.97. The van der Waals surface area contributed by atoms with Crippen molar-refractivity contribution in [1.29, 1.82) is 0 Å². The van der Waals surface area contributed by atoms with Gasteiger partial charge in [-0.2, -0.15) is 0 Å². The van der Waals surface area contributed by atoms with E-state index in [0.717, 1.165) is 73.7 Å². The fraction of sp³-hybridized carbons (Fsp3) is 0.519. The minimum atomic E-state index is -0.339. The normalized spacial score (nSPS) is 21.8. The van der Waals surface area contributed by atoms with E-state index in [1.54, 1.807) is 6.07 Å². The summed E-state index contributed by atoms with van der Waals surface area (Å²) < 4.78 is 21.4. The lowest BCUT2D eigenvalue weighted by molar-refractivity contribution is -0.00294. The van der Waals surface area contributed by atoms with Crippen molar-refractivity contribution in [3.8, 4) is 11.1 Å². The van der Waals surface area contributed by atoms with Gasteiger partial charge in [0.1, 0.15) is 17.3 Å². The second-order valence-electron chi connectivity index (χ2n) is 10.6. The van der Waals surface area contributed by atoms with Gasteiger partial charge < -0.3 is 19.1 Å². The standard InChI is InChI=1S/C27H33FN6O2/c1-3-36-26(35)34-17-27(18-34)6-4-22(14-27)32-8-10-33(11-9-32)25-23(13-21(28)16-30-25)20-12-19-5-7-31(2)24(19)29-15-20/h5,7,12-13,15-16,22H,3-4,6,8-11,14,17-18H2,1-2H3/t22-/m1/s1. The van der Waals surface area contributed by atoms with Crippen LogP contribution in [0.2, 0.25) is 0 Å². The number of piperazine rings is 1. The molecule has 2 saturated heterocycles. The summed E-state index contributed by atoms with van der Waals surface area (Å²) in [6.45, 7) is 7.54. The predicted octanol–water partition coefficient (Wildman–Crippen LogP) is 3.91. The van der Waals surface area contributed by atoms with Crippen molar-refractivity contribution in [2.24, 2.45) is 12.5 Å². The molecule has 0 unspecified atom stereocenters. The van der Waals surface area contributed by atoms with E-state index in [1.807, 2.05) is 41.9 Å². The van der Waals surface area contributed by atoms with Gasteiger partial charge in [0.15, 0.2) is 0 Å². The number of carbonyl (C=O) groups excluding carboxylic acids is 1. The number of aromatic nitrogens is 3. The van der Waals surface area contributed by atoms with E-state index in [2.05, 4.69) is 25.8 Å². The highest BCUT2D eigenvalue weighted by molar-refractivity contribution is 5.85. The first kappa shape index (κ1) is 23.2. The van der Waals surface area contributed by atoms with E-state index in [0.29, 0.717) is 12.6 Å². The van der Waals surface area contributed by atoms with Gasteiger partial charge in [0.2, 0.25) is 0 Å². The van der Waals surface area contributed by atoms with Gasteiger partial charge in [0.05, 0.1) is 12.8 Å². The molecule has 0 N–H and O–H groups in total. The molecule has 0 bridgehead atoms. The van der Waals surface area contributed by atoms with Crippen molar-refractivity contribution in [2.45, 2.75) is 32.2 Å². The van der Waals surface area contributed by atoms with Crippen LogP contribution in [0.5, 0.6) is 0 Å². The Kier molecular flexibility index (Phi) is 5.82. The quantitative estimate of drug-likeness (QED) is 0.550. The van der Waals surface area contributed by atoms with Crippen molar-refractivity contribution in [3.05, 3.63) is 42.6 Å². The van der Waals surface area contributed by atoms with Crippen molar-refractivity contribution in [1.82, 2.24) is 24.3 Å². The third kappa shape index (κ3) is 4.09. The van der Waals surface area contributed by atoms with E-state index in [9.17, 15) is 9.18 Å². The molecule has 3 fully saturated rings. The topological polar surface area (TPSA) is 66.7 Å². The van der Waals surface area contributed by atoms with E-state index >= 15 is 0 Å². The summed E-state index contributed by atoms with van der Waals surface area (Å²) >= 11 is 0. The lowest BCUT2D eigenvalue weighted by atomic mass is 9.78. The molecule has 3 aliphatic rings. The van der Waals surface area contributed by atoms with Gasteiger partial charge in [-0.1, -0.05) is 0 Å². The number of likely N-dealkylation sites (tertiary alicyclic amines) is 1. The van der Waals surface area contributed by atoms with E-state index < -0.39 is 0 Å². The van der Waals surface area contributed by atoms with Crippen molar-refractivity contribution >= 4 is 22.9 Å². The Bertz CT molecular complexity index is 1280. The molecule has 190 valence electrons. The van der Waals surface area contributed by atoms with Crippen LogP contribution in [0, 0.1) is 11.2 Å². The molecule has 5 heterocycles. The van der Waals surface area contributed by atoms with Crippen LogP contribution in [0.25, 0.3) is 22.2 Å². The summed E-state index contributed by atoms with van der Waals surface area (Å²) in [5.41, 5.74) is 2.84. The Morgan fingerprint density at radius 1 is 1.17 bits per heavy atom. The van der Waals surface area contributed by atoms with Gasteiger partial charge in [-0.05, 0) is 44.4 Å². The lowest BCUT2D eigenvalue weighted by Gasteiger charge is -2.48. The fourth-order valence-corrected chi connectivity index (χ4v) is 6.38. The molecule has 1 atom stereocenters. The van der Waals surface area contributed by atoms with Crippen molar-refractivity contribution < 1.29 is 13.9 Å². The summed E-state index contributed by atoms with van der Waals surface area (Å²) in [6, 6.07) is 6.23. The average molecular weight is 493 g/mol. The molecule has 1 aliphatic carbocycles. The maximum atomic E-state index is 14.3. The molecule has 1 spiro atoms. The molecule has 8 nitrogen and oxygen atoms in total. The molecule has 6 rings (SSSR count). The highest BCUT2D eigenvalue weighted by Gasteiger charge is 2.51. The predicted molar refractivity (Wildman–Crippen MR) is 136 cm³/mol. The Hall–Kier alpha value is -3.20. The number of ether oxygens (including phenoxy) is 1. The largest absolute Gasteiger partial charge is 0.450 e. The van der Waals surface area contributed by atoms with Gasteiger partial charge in [0.25, 0.3) is 0 Å². The number of aryl methyl sites for hydroxylation is 1. The van der Waals surface area contributed by atoms with Crippen LogP contribution in [0.4, 0.5) is 15.0 Å². The smallest absolute Gasteiger partial charge is 0.409 e. The zero-order chi connectivity index (χ0) is 24.9. The van der Waals surface area contributed by atoms with Crippen LogP contribution < -0.4 is 4.90 Å². The average Bonchev–Trinajstić information content (AvgIpc) is 3.48. The van der Waals surface area contributed by atoms with Crippen LogP contribution in [-0.4, -0.2) is 82.3 Å². The summed E-state index contributed by atoms with van der Waals surface area (Å²) in [5.74, 6) is 0.481. The molecular weight excluding hydrogens is 459 g/mol. The van der Waals surface area contributed by atoms with Gasteiger partial charge in [0, 0.05) is 86.7 Å². The number of anilines is 1. The van der Waals surface area contributed by atoms with Crippen LogP contribution in [0.3, 0.4) is 0 Å². The molecule has 0 radical (unpaired) electrons. The van der Waals surface area contributed by atoms with Crippen molar-refractivity contribution in [2.75, 3.05) is 50.8 Å². The fourth-order valence-electron chi connectivity index (χ4n) is 6.38. The third-order valence-electron chi connectivity index (χ3n) is 8.24. The molecule has 1 amide bonds. The van der Waals surface area contributed by atoms with Gasteiger partial charge in [-0.3, -0.25) is 4.90 Å². The van der Waals surface area contributed by atoms with E-state index in [1.165, 1.54) is 19.0 Å². The van der Waals surface area contributed by atoms with E-state index in [-0.39, 0.29) is 17.3 Å². The molecule has 0 aromatic carbocycles. The van der Waals surface area contributed by atoms with Gasteiger partial charge in [-0.15, -0.1) is 0 Å². The lowest BCUT2D eigenvalue weighted by Crippen LogP contribution is -2.58. The number of hydrogen-bond donors (Lipinski definition) is 0. The van der Waals surface area contributed by atoms with Gasteiger partial charge >= 0.3 is 6.09 Å². The van der Waals surface area contributed by atoms with Crippen LogP contribution in [0.1, 0.15) is 26.2 Å². The van der Waals surface area contributed by atoms with Crippen molar-refractivity contribution in [3.63, 3.8) is 0 Å². The van der Waals surface area contributed by atoms with E-state index in [4.69, 9.17) is 4.74 Å². The number of carbonyl (C=O) groups is 1. The number of rotatable bonds is 4.